The van der Waals surface area contributed by atoms with E-state index in [4.69, 9.17) is 4.74 Å². The Morgan fingerprint density at radius 3 is 2.50 bits per heavy atom. The summed E-state index contributed by atoms with van der Waals surface area (Å²) in [5, 5.41) is 0. The maximum absolute atomic E-state index is 13.0. The van der Waals surface area contributed by atoms with E-state index in [0.29, 0.717) is 38.4 Å². The summed E-state index contributed by atoms with van der Waals surface area (Å²) in [4.78, 5) is 39.3. The van der Waals surface area contributed by atoms with Crippen LogP contribution in [0.3, 0.4) is 0 Å². The van der Waals surface area contributed by atoms with Gasteiger partial charge in [-0.25, -0.2) is 14.8 Å². The fraction of sp³-hybridized carbons (Fsp3) is 0.400. The summed E-state index contributed by atoms with van der Waals surface area (Å²) in [6, 6.07) is 11.3. The molecular weight excluding hydrogens is 358 g/mol. The number of amides is 3. The van der Waals surface area contributed by atoms with Gasteiger partial charge in [0.2, 0.25) is 5.88 Å². The van der Waals surface area contributed by atoms with E-state index in [1.54, 1.807) is 25.1 Å². The summed E-state index contributed by atoms with van der Waals surface area (Å²) in [6.07, 6.45) is 2.58. The quantitative estimate of drug-likeness (QED) is 0.753. The van der Waals surface area contributed by atoms with Crippen LogP contribution in [0, 0.1) is 0 Å². The highest BCUT2D eigenvalue weighted by molar-refractivity contribution is 6.06. The van der Waals surface area contributed by atoms with E-state index >= 15 is 0 Å². The van der Waals surface area contributed by atoms with Gasteiger partial charge in [-0.1, -0.05) is 30.3 Å². The third-order valence-electron chi connectivity index (χ3n) is 5.67. The Morgan fingerprint density at radius 2 is 1.82 bits per heavy atom. The number of hydrogen-bond acceptors (Lipinski definition) is 6. The number of methoxy groups -OCH3 is 1. The van der Waals surface area contributed by atoms with Crippen molar-refractivity contribution >= 4 is 17.8 Å². The molecule has 8 nitrogen and oxygen atoms in total. The van der Waals surface area contributed by atoms with Gasteiger partial charge in [0.05, 0.1) is 7.11 Å². The summed E-state index contributed by atoms with van der Waals surface area (Å²) in [7, 11) is 3.14. The molecule has 2 fully saturated rings. The molecule has 0 saturated carbocycles. The lowest BCUT2D eigenvalue weighted by molar-refractivity contribution is -0.133. The SMILES string of the molecule is COc1cc(N2CCC3(CC2)C(=O)N(C)C(=O)N3Cc2ccccc2)ncn1. The molecule has 2 aliphatic heterocycles. The molecule has 1 spiro atoms. The van der Waals surface area contributed by atoms with Crippen molar-refractivity contribution in [3.8, 4) is 5.88 Å². The van der Waals surface area contributed by atoms with Crippen molar-refractivity contribution in [1.29, 1.82) is 0 Å². The normalized spacial score (nSPS) is 18.9. The van der Waals surface area contributed by atoms with Gasteiger partial charge < -0.3 is 14.5 Å². The second-order valence-electron chi connectivity index (χ2n) is 7.16. The van der Waals surface area contributed by atoms with Crippen LogP contribution in [-0.2, 0) is 11.3 Å². The number of ether oxygens (including phenoxy) is 1. The highest BCUT2D eigenvalue weighted by Gasteiger charge is 2.56. The minimum Gasteiger partial charge on any atom is -0.481 e. The standard InChI is InChI=1S/C20H23N5O3/c1-23-18(26)20(25(19(23)27)13-15-6-4-3-5-7-15)8-10-24(11-9-20)16-12-17(28-2)22-14-21-16/h3-7,12,14H,8-11,13H2,1-2H3. The lowest BCUT2D eigenvalue weighted by atomic mass is 9.85. The van der Waals surface area contributed by atoms with Gasteiger partial charge in [-0.3, -0.25) is 9.69 Å². The van der Waals surface area contributed by atoms with Crippen LogP contribution in [0.25, 0.3) is 0 Å². The van der Waals surface area contributed by atoms with Crippen molar-refractivity contribution in [3.63, 3.8) is 0 Å². The van der Waals surface area contributed by atoms with Crippen molar-refractivity contribution in [3.05, 3.63) is 48.3 Å². The summed E-state index contributed by atoms with van der Waals surface area (Å²) in [5.41, 5.74) is 0.219. The van der Waals surface area contributed by atoms with Crippen molar-refractivity contribution in [2.24, 2.45) is 0 Å². The molecule has 4 rings (SSSR count). The number of rotatable bonds is 4. The average molecular weight is 381 g/mol. The zero-order valence-corrected chi connectivity index (χ0v) is 16.0. The van der Waals surface area contributed by atoms with E-state index in [9.17, 15) is 9.59 Å². The molecule has 1 aromatic heterocycles. The molecule has 0 radical (unpaired) electrons. The molecule has 146 valence electrons. The number of imide groups is 1. The van der Waals surface area contributed by atoms with Gasteiger partial charge in [0.15, 0.2) is 0 Å². The second kappa shape index (κ2) is 7.10. The van der Waals surface area contributed by atoms with Crippen molar-refractivity contribution in [2.45, 2.75) is 24.9 Å². The van der Waals surface area contributed by atoms with Gasteiger partial charge >= 0.3 is 6.03 Å². The van der Waals surface area contributed by atoms with Crippen LogP contribution in [0.1, 0.15) is 18.4 Å². The Kier molecular flexibility index (Phi) is 4.62. The summed E-state index contributed by atoms with van der Waals surface area (Å²) in [5.74, 6) is 1.15. The van der Waals surface area contributed by atoms with Crippen LogP contribution in [-0.4, -0.2) is 64.5 Å². The van der Waals surface area contributed by atoms with E-state index in [0.717, 1.165) is 11.4 Å². The first-order valence-corrected chi connectivity index (χ1v) is 9.30. The molecule has 2 saturated heterocycles. The molecule has 3 heterocycles. The number of anilines is 1. The van der Waals surface area contributed by atoms with Crippen LogP contribution >= 0.6 is 0 Å². The Morgan fingerprint density at radius 1 is 1.11 bits per heavy atom. The maximum Gasteiger partial charge on any atom is 0.327 e. The minimum atomic E-state index is -0.796. The van der Waals surface area contributed by atoms with E-state index in [1.165, 1.54) is 11.2 Å². The third-order valence-corrected chi connectivity index (χ3v) is 5.67. The van der Waals surface area contributed by atoms with Crippen LogP contribution in [0.4, 0.5) is 10.6 Å². The molecule has 2 aromatic rings. The number of likely N-dealkylation sites (N-methyl/N-ethyl adjacent to an activating group) is 1. The number of piperidine rings is 1. The molecule has 1 aromatic carbocycles. The second-order valence-corrected chi connectivity index (χ2v) is 7.16. The Bertz CT molecular complexity index is 880. The van der Waals surface area contributed by atoms with Gasteiger partial charge in [-0.2, -0.15) is 0 Å². The molecule has 2 aliphatic rings. The van der Waals surface area contributed by atoms with Crippen molar-refractivity contribution < 1.29 is 14.3 Å². The number of urea groups is 1. The van der Waals surface area contributed by atoms with Crippen molar-refractivity contribution in [2.75, 3.05) is 32.1 Å². The smallest absolute Gasteiger partial charge is 0.327 e. The predicted molar refractivity (Wildman–Crippen MR) is 103 cm³/mol. The van der Waals surface area contributed by atoms with Gasteiger partial charge in [0.25, 0.3) is 5.91 Å². The highest BCUT2D eigenvalue weighted by atomic mass is 16.5. The Balaban J connectivity index is 1.57. The van der Waals surface area contributed by atoms with Gasteiger partial charge in [-0.15, -0.1) is 0 Å². The average Bonchev–Trinajstić information content (AvgIpc) is 2.91. The number of benzene rings is 1. The van der Waals surface area contributed by atoms with E-state index in [-0.39, 0.29) is 11.9 Å². The predicted octanol–water partition coefficient (Wildman–Crippen LogP) is 1.92. The third kappa shape index (κ3) is 2.94. The molecule has 0 atom stereocenters. The number of aromatic nitrogens is 2. The summed E-state index contributed by atoms with van der Waals surface area (Å²) < 4.78 is 5.18. The molecule has 8 heteroatoms. The lowest BCUT2D eigenvalue weighted by Crippen LogP contribution is -2.56. The summed E-state index contributed by atoms with van der Waals surface area (Å²) >= 11 is 0. The summed E-state index contributed by atoms with van der Waals surface area (Å²) in [6.45, 7) is 1.67. The minimum absolute atomic E-state index is 0.117. The zero-order valence-electron chi connectivity index (χ0n) is 16.0. The van der Waals surface area contributed by atoms with Crippen molar-refractivity contribution in [1.82, 2.24) is 19.8 Å². The fourth-order valence-corrected chi connectivity index (χ4v) is 4.07. The van der Waals surface area contributed by atoms with Crippen LogP contribution in [0.2, 0.25) is 0 Å². The van der Waals surface area contributed by atoms with Gasteiger partial charge in [-0.05, 0) is 18.4 Å². The van der Waals surface area contributed by atoms with Crippen LogP contribution in [0.5, 0.6) is 5.88 Å². The van der Waals surface area contributed by atoms with E-state index in [2.05, 4.69) is 14.9 Å². The monoisotopic (exact) mass is 381 g/mol. The lowest BCUT2D eigenvalue weighted by Gasteiger charge is -2.42. The molecule has 28 heavy (non-hydrogen) atoms. The fourth-order valence-electron chi connectivity index (χ4n) is 4.07. The molecule has 0 N–H and O–H groups in total. The molecule has 3 amide bonds. The topological polar surface area (TPSA) is 78.9 Å². The van der Waals surface area contributed by atoms with Crippen LogP contribution < -0.4 is 9.64 Å². The van der Waals surface area contributed by atoms with E-state index < -0.39 is 5.54 Å². The van der Waals surface area contributed by atoms with E-state index in [1.807, 2.05) is 30.3 Å². The largest absolute Gasteiger partial charge is 0.481 e. The number of nitrogens with zero attached hydrogens (tertiary/aromatic N) is 5. The first-order chi connectivity index (χ1) is 13.5. The Labute approximate surface area is 163 Å². The molecular formula is C20H23N5O3. The van der Waals surface area contributed by atoms with Gasteiger partial charge in [0, 0.05) is 32.7 Å². The molecule has 0 unspecified atom stereocenters. The van der Waals surface area contributed by atoms with Gasteiger partial charge in [0.1, 0.15) is 17.7 Å². The number of hydrogen-bond donors (Lipinski definition) is 0. The number of carbonyl (C=O) groups is 2. The van der Waals surface area contributed by atoms with Crippen LogP contribution in [0.15, 0.2) is 42.7 Å². The molecule has 0 aliphatic carbocycles. The highest BCUT2D eigenvalue weighted by Crippen LogP contribution is 2.38. The number of carbonyl (C=O) groups excluding carboxylic acids is 2. The first-order valence-electron chi connectivity index (χ1n) is 9.30. The first kappa shape index (κ1) is 18.2. The maximum atomic E-state index is 13.0. The zero-order chi connectivity index (χ0) is 19.7. The molecule has 0 bridgehead atoms. The Hall–Kier alpha value is -3.16.